The lowest BCUT2D eigenvalue weighted by atomic mass is 10.0. The van der Waals surface area contributed by atoms with Crippen LogP contribution in [0.3, 0.4) is 0 Å². The first-order valence-electron chi connectivity index (χ1n) is 3.29. The predicted octanol–water partition coefficient (Wildman–Crippen LogP) is -0.0737. The van der Waals surface area contributed by atoms with Crippen molar-refractivity contribution in [1.29, 1.82) is 0 Å². The number of hydrogen-bond acceptors (Lipinski definition) is 2. The second-order valence-electron chi connectivity index (χ2n) is 2.47. The third-order valence-electron chi connectivity index (χ3n) is 1.80. The van der Waals surface area contributed by atoms with Crippen molar-refractivity contribution in [2.24, 2.45) is 5.92 Å². The average Bonchev–Trinajstić information content (AvgIpc) is 2.37. The van der Waals surface area contributed by atoms with Gasteiger partial charge in [0.2, 0.25) is 0 Å². The molecule has 0 spiro atoms. The molecule has 0 aromatic rings. The highest BCUT2D eigenvalue weighted by molar-refractivity contribution is 4.76. The van der Waals surface area contributed by atoms with E-state index in [-0.39, 0.29) is 5.92 Å². The van der Waals surface area contributed by atoms with E-state index in [4.69, 9.17) is 5.11 Å². The lowest BCUT2D eigenvalue weighted by Crippen LogP contribution is -2.24. The molecule has 0 amide bonds. The lowest BCUT2D eigenvalue weighted by molar-refractivity contribution is 0.0890. The summed E-state index contributed by atoms with van der Waals surface area (Å²) in [6.45, 7) is 1.08. The number of aliphatic hydroxyl groups is 1. The zero-order valence-electron chi connectivity index (χ0n) is 5.31. The molecule has 0 saturated carbocycles. The molecular formula is C6H12FNO. The molecule has 1 saturated heterocycles. The zero-order chi connectivity index (χ0) is 6.69. The fourth-order valence-corrected chi connectivity index (χ4v) is 1.13. The fraction of sp³-hybridized carbons (Fsp3) is 1.00. The molecule has 3 heteroatoms. The van der Waals surface area contributed by atoms with Crippen molar-refractivity contribution in [3.8, 4) is 0 Å². The molecule has 2 N–H and O–H groups in total. The van der Waals surface area contributed by atoms with Crippen molar-refractivity contribution >= 4 is 0 Å². The molecule has 0 radical (unpaired) electrons. The lowest BCUT2D eigenvalue weighted by Gasteiger charge is -2.11. The van der Waals surface area contributed by atoms with Crippen LogP contribution in [0, 0.1) is 5.92 Å². The predicted molar refractivity (Wildman–Crippen MR) is 33.0 cm³/mol. The molecule has 1 aliphatic rings. The molecule has 2 nitrogen and oxygen atoms in total. The number of aliphatic hydroxyl groups excluding tert-OH is 1. The summed E-state index contributed by atoms with van der Waals surface area (Å²) < 4.78 is 11.8. The minimum Gasteiger partial charge on any atom is -0.390 e. The molecule has 0 aliphatic carbocycles. The number of alkyl halides is 1. The van der Waals surface area contributed by atoms with Crippen molar-refractivity contribution in [2.75, 3.05) is 19.8 Å². The number of rotatable bonds is 2. The van der Waals surface area contributed by atoms with Gasteiger partial charge >= 0.3 is 0 Å². The highest BCUT2D eigenvalue weighted by atomic mass is 19.1. The van der Waals surface area contributed by atoms with Crippen LogP contribution < -0.4 is 5.32 Å². The van der Waals surface area contributed by atoms with Gasteiger partial charge < -0.3 is 10.4 Å². The fourth-order valence-electron chi connectivity index (χ4n) is 1.13. The van der Waals surface area contributed by atoms with E-state index in [0.29, 0.717) is 0 Å². The van der Waals surface area contributed by atoms with E-state index in [2.05, 4.69) is 5.32 Å². The van der Waals surface area contributed by atoms with E-state index in [1.165, 1.54) is 0 Å². The SMILES string of the molecule is OC(CF)[C@H]1CCNC1. The topological polar surface area (TPSA) is 32.3 Å². The zero-order valence-corrected chi connectivity index (χ0v) is 5.31. The van der Waals surface area contributed by atoms with Crippen LogP contribution in [0.25, 0.3) is 0 Å². The van der Waals surface area contributed by atoms with Gasteiger partial charge in [-0.15, -0.1) is 0 Å². The van der Waals surface area contributed by atoms with Crippen molar-refractivity contribution in [3.63, 3.8) is 0 Å². The molecule has 1 unspecified atom stereocenters. The van der Waals surface area contributed by atoms with Gasteiger partial charge in [0.05, 0.1) is 6.10 Å². The number of halogens is 1. The maximum absolute atomic E-state index is 11.8. The molecule has 54 valence electrons. The second-order valence-corrected chi connectivity index (χ2v) is 2.47. The van der Waals surface area contributed by atoms with E-state index >= 15 is 0 Å². The van der Waals surface area contributed by atoms with E-state index in [0.717, 1.165) is 19.5 Å². The Morgan fingerprint density at radius 3 is 3.00 bits per heavy atom. The smallest absolute Gasteiger partial charge is 0.116 e. The summed E-state index contributed by atoms with van der Waals surface area (Å²) >= 11 is 0. The molecule has 9 heavy (non-hydrogen) atoms. The third-order valence-corrected chi connectivity index (χ3v) is 1.80. The molecule has 0 aromatic carbocycles. The Morgan fingerprint density at radius 2 is 2.56 bits per heavy atom. The summed E-state index contributed by atoms with van der Waals surface area (Å²) in [5, 5.41) is 12.0. The van der Waals surface area contributed by atoms with Crippen LogP contribution in [0.15, 0.2) is 0 Å². The van der Waals surface area contributed by atoms with Crippen LogP contribution in [0.2, 0.25) is 0 Å². The van der Waals surface area contributed by atoms with Crippen molar-refractivity contribution in [3.05, 3.63) is 0 Å². The van der Waals surface area contributed by atoms with Gasteiger partial charge in [0.1, 0.15) is 6.67 Å². The van der Waals surface area contributed by atoms with Crippen LogP contribution in [0.1, 0.15) is 6.42 Å². The largest absolute Gasteiger partial charge is 0.390 e. The Labute approximate surface area is 54.1 Å². The van der Waals surface area contributed by atoms with E-state index in [9.17, 15) is 4.39 Å². The van der Waals surface area contributed by atoms with Crippen molar-refractivity contribution < 1.29 is 9.50 Å². The minimum atomic E-state index is -0.736. The van der Waals surface area contributed by atoms with E-state index in [1.54, 1.807) is 0 Å². The Morgan fingerprint density at radius 1 is 1.78 bits per heavy atom. The first-order valence-corrected chi connectivity index (χ1v) is 3.29. The van der Waals surface area contributed by atoms with E-state index in [1.807, 2.05) is 0 Å². The summed E-state index contributed by atoms with van der Waals surface area (Å²) in [7, 11) is 0. The molecule has 1 heterocycles. The summed E-state index contributed by atoms with van der Waals surface area (Å²) in [6, 6.07) is 0. The van der Waals surface area contributed by atoms with Crippen LogP contribution in [-0.4, -0.2) is 31.0 Å². The average molecular weight is 133 g/mol. The molecule has 0 bridgehead atoms. The van der Waals surface area contributed by atoms with Crippen LogP contribution in [-0.2, 0) is 0 Å². The Bertz CT molecular complexity index is 83.1. The van der Waals surface area contributed by atoms with Crippen LogP contribution in [0.4, 0.5) is 4.39 Å². The van der Waals surface area contributed by atoms with Crippen molar-refractivity contribution in [2.45, 2.75) is 12.5 Å². The molecule has 1 rings (SSSR count). The van der Waals surface area contributed by atoms with Crippen LogP contribution >= 0.6 is 0 Å². The maximum atomic E-state index is 11.8. The van der Waals surface area contributed by atoms with Crippen molar-refractivity contribution in [1.82, 2.24) is 5.32 Å². The molecule has 1 aliphatic heterocycles. The second kappa shape index (κ2) is 3.13. The van der Waals surface area contributed by atoms with Gasteiger partial charge in [-0.05, 0) is 13.0 Å². The summed E-state index contributed by atoms with van der Waals surface area (Å²) in [4.78, 5) is 0. The molecule has 1 fully saturated rings. The third kappa shape index (κ3) is 1.63. The quantitative estimate of drug-likeness (QED) is 0.552. The van der Waals surface area contributed by atoms with Crippen LogP contribution in [0.5, 0.6) is 0 Å². The monoisotopic (exact) mass is 133 g/mol. The highest BCUT2D eigenvalue weighted by Gasteiger charge is 2.22. The summed E-state index contributed by atoms with van der Waals surface area (Å²) in [5.41, 5.74) is 0. The number of nitrogens with one attached hydrogen (secondary N) is 1. The molecule has 2 atom stereocenters. The Kier molecular flexibility index (Phi) is 2.42. The van der Waals surface area contributed by atoms with Gasteiger partial charge in [0, 0.05) is 12.5 Å². The van der Waals surface area contributed by atoms with Gasteiger partial charge in [-0.3, -0.25) is 0 Å². The van der Waals surface area contributed by atoms with Gasteiger partial charge in [-0.25, -0.2) is 4.39 Å². The first kappa shape index (κ1) is 6.96. The Hall–Kier alpha value is -0.150. The van der Waals surface area contributed by atoms with Gasteiger partial charge in [-0.2, -0.15) is 0 Å². The van der Waals surface area contributed by atoms with E-state index < -0.39 is 12.8 Å². The molecule has 0 aromatic heterocycles. The van der Waals surface area contributed by atoms with Gasteiger partial charge in [0.15, 0.2) is 0 Å². The first-order chi connectivity index (χ1) is 4.34. The summed E-state index contributed by atoms with van der Waals surface area (Å²) in [5.74, 6) is 0.148. The number of hydrogen-bond donors (Lipinski definition) is 2. The standard InChI is InChI=1S/C6H12FNO/c7-3-6(9)5-1-2-8-4-5/h5-6,8-9H,1-4H2/t5-,6?/m0/s1. The van der Waals surface area contributed by atoms with Gasteiger partial charge in [-0.1, -0.05) is 0 Å². The van der Waals surface area contributed by atoms with Gasteiger partial charge in [0.25, 0.3) is 0 Å². The minimum absolute atomic E-state index is 0.148. The molecular weight excluding hydrogens is 121 g/mol. The summed E-state index contributed by atoms with van der Waals surface area (Å²) in [6.07, 6.45) is 0.172. The highest BCUT2D eigenvalue weighted by Crippen LogP contribution is 2.12. The normalized spacial score (nSPS) is 30.7. The maximum Gasteiger partial charge on any atom is 0.116 e. The Balaban J connectivity index is 2.24.